The third-order valence-corrected chi connectivity index (χ3v) is 7.36. The second-order valence-corrected chi connectivity index (χ2v) is 9.73. The van der Waals surface area contributed by atoms with Gasteiger partial charge in [0.25, 0.3) is 15.9 Å². The average Bonchev–Trinajstić information content (AvgIpc) is 3.12. The summed E-state index contributed by atoms with van der Waals surface area (Å²) in [5, 5.41) is 4.82. The SMILES string of the molecule is CN(c1ccc(Cl)cc1)S(=O)(=O)c1ccsc1C(=O)Nc1cccc(Br)c1. The molecule has 0 bridgehead atoms. The van der Waals surface area contributed by atoms with Crippen LogP contribution in [0.1, 0.15) is 9.67 Å². The van der Waals surface area contributed by atoms with Gasteiger partial charge in [-0.2, -0.15) is 0 Å². The number of carbonyl (C=O) groups is 1. The summed E-state index contributed by atoms with van der Waals surface area (Å²) < 4.78 is 28.0. The first kappa shape index (κ1) is 19.9. The first-order chi connectivity index (χ1) is 12.8. The Bertz CT molecular complexity index is 1080. The Balaban J connectivity index is 1.90. The van der Waals surface area contributed by atoms with E-state index in [1.54, 1.807) is 47.8 Å². The molecule has 0 saturated carbocycles. The summed E-state index contributed by atoms with van der Waals surface area (Å²) in [5.41, 5.74) is 1.01. The van der Waals surface area contributed by atoms with Gasteiger partial charge in [-0.15, -0.1) is 11.3 Å². The van der Waals surface area contributed by atoms with Gasteiger partial charge in [0.15, 0.2) is 0 Å². The summed E-state index contributed by atoms with van der Waals surface area (Å²) in [6.45, 7) is 0. The summed E-state index contributed by atoms with van der Waals surface area (Å²) in [5.74, 6) is -0.480. The van der Waals surface area contributed by atoms with E-state index in [2.05, 4.69) is 21.2 Å². The van der Waals surface area contributed by atoms with Gasteiger partial charge < -0.3 is 5.32 Å². The minimum atomic E-state index is -3.91. The normalized spacial score (nSPS) is 11.2. The maximum atomic E-state index is 13.0. The average molecular weight is 486 g/mol. The molecule has 0 saturated heterocycles. The van der Waals surface area contributed by atoms with Gasteiger partial charge in [-0.05, 0) is 53.9 Å². The van der Waals surface area contributed by atoms with E-state index in [9.17, 15) is 13.2 Å². The summed E-state index contributed by atoms with van der Waals surface area (Å²) in [6.07, 6.45) is 0. The molecule has 0 aliphatic rings. The van der Waals surface area contributed by atoms with Gasteiger partial charge in [0, 0.05) is 22.2 Å². The van der Waals surface area contributed by atoms with Crippen LogP contribution in [0.4, 0.5) is 11.4 Å². The van der Waals surface area contributed by atoms with E-state index in [0.717, 1.165) is 20.1 Å². The van der Waals surface area contributed by atoms with Crippen molar-refractivity contribution in [1.82, 2.24) is 0 Å². The molecule has 5 nitrogen and oxygen atoms in total. The first-order valence-corrected chi connectivity index (χ1v) is 11.2. The number of thiophene rings is 1. The summed E-state index contributed by atoms with van der Waals surface area (Å²) >= 11 is 10.3. The second-order valence-electron chi connectivity index (χ2n) is 5.53. The number of rotatable bonds is 5. The minimum absolute atomic E-state index is 0.0440. The highest BCUT2D eigenvalue weighted by Crippen LogP contribution is 2.29. The van der Waals surface area contributed by atoms with Crippen LogP contribution in [-0.4, -0.2) is 21.4 Å². The van der Waals surface area contributed by atoms with E-state index >= 15 is 0 Å². The molecule has 3 rings (SSSR count). The molecule has 1 N–H and O–H groups in total. The van der Waals surface area contributed by atoms with Gasteiger partial charge in [-0.3, -0.25) is 9.10 Å². The van der Waals surface area contributed by atoms with E-state index < -0.39 is 15.9 Å². The lowest BCUT2D eigenvalue weighted by molar-refractivity contribution is 0.102. The molecule has 0 spiro atoms. The number of sulfonamides is 1. The van der Waals surface area contributed by atoms with Crippen LogP contribution in [0.25, 0.3) is 0 Å². The number of nitrogens with zero attached hydrogens (tertiary/aromatic N) is 1. The molecule has 2 aromatic carbocycles. The predicted octanol–water partition coefficient (Wildman–Crippen LogP) is 5.24. The molecule has 1 amide bonds. The van der Waals surface area contributed by atoms with Crippen LogP contribution in [0.2, 0.25) is 5.02 Å². The Morgan fingerprint density at radius 3 is 2.52 bits per heavy atom. The van der Waals surface area contributed by atoms with Crippen molar-refractivity contribution in [2.75, 3.05) is 16.7 Å². The van der Waals surface area contributed by atoms with Crippen molar-refractivity contribution in [3.63, 3.8) is 0 Å². The number of benzene rings is 2. The standard InChI is InChI=1S/C18H14BrClN2O3S2/c1-22(15-7-5-13(20)6-8-15)27(24,25)16-9-10-26-17(16)18(23)21-14-4-2-3-12(19)11-14/h2-11H,1H3,(H,21,23). The van der Waals surface area contributed by atoms with Crippen molar-refractivity contribution < 1.29 is 13.2 Å². The highest BCUT2D eigenvalue weighted by molar-refractivity contribution is 9.10. The van der Waals surface area contributed by atoms with Crippen molar-refractivity contribution in [3.8, 4) is 0 Å². The first-order valence-electron chi connectivity index (χ1n) is 7.68. The Hall–Kier alpha value is -1.87. The highest BCUT2D eigenvalue weighted by Gasteiger charge is 2.28. The molecule has 0 aliphatic carbocycles. The predicted molar refractivity (Wildman–Crippen MR) is 113 cm³/mol. The second kappa shape index (κ2) is 8.02. The molecule has 1 aromatic heterocycles. The van der Waals surface area contributed by atoms with Crippen molar-refractivity contribution in [2.24, 2.45) is 0 Å². The van der Waals surface area contributed by atoms with Crippen LogP contribution in [-0.2, 0) is 10.0 Å². The van der Waals surface area contributed by atoms with Crippen LogP contribution < -0.4 is 9.62 Å². The minimum Gasteiger partial charge on any atom is -0.321 e. The monoisotopic (exact) mass is 484 g/mol. The van der Waals surface area contributed by atoms with Crippen LogP contribution in [0, 0.1) is 0 Å². The zero-order valence-electron chi connectivity index (χ0n) is 14.0. The van der Waals surface area contributed by atoms with E-state index in [1.807, 2.05) is 6.07 Å². The van der Waals surface area contributed by atoms with E-state index in [0.29, 0.717) is 16.4 Å². The molecule has 0 aliphatic heterocycles. The summed E-state index contributed by atoms with van der Waals surface area (Å²) in [6, 6.07) is 14.9. The molecule has 1 heterocycles. The number of anilines is 2. The fourth-order valence-electron chi connectivity index (χ4n) is 2.36. The van der Waals surface area contributed by atoms with Gasteiger partial charge in [-0.25, -0.2) is 8.42 Å². The Morgan fingerprint density at radius 1 is 1.15 bits per heavy atom. The molecule has 3 aromatic rings. The lowest BCUT2D eigenvalue weighted by Crippen LogP contribution is -2.28. The Kier molecular flexibility index (Phi) is 5.90. The van der Waals surface area contributed by atoms with Crippen molar-refractivity contribution in [2.45, 2.75) is 4.90 Å². The van der Waals surface area contributed by atoms with Gasteiger partial charge in [0.1, 0.15) is 9.77 Å². The lowest BCUT2D eigenvalue weighted by atomic mass is 10.3. The largest absolute Gasteiger partial charge is 0.321 e. The van der Waals surface area contributed by atoms with Crippen LogP contribution >= 0.6 is 38.9 Å². The van der Waals surface area contributed by atoms with Gasteiger partial charge in [0.05, 0.1) is 5.69 Å². The maximum Gasteiger partial charge on any atom is 0.267 e. The van der Waals surface area contributed by atoms with E-state index in [1.165, 1.54) is 13.1 Å². The van der Waals surface area contributed by atoms with Crippen molar-refractivity contribution >= 4 is 66.2 Å². The number of hydrogen-bond donors (Lipinski definition) is 1. The smallest absolute Gasteiger partial charge is 0.267 e. The van der Waals surface area contributed by atoms with E-state index in [-0.39, 0.29) is 9.77 Å². The number of halogens is 2. The van der Waals surface area contributed by atoms with Gasteiger partial charge in [0.2, 0.25) is 0 Å². The van der Waals surface area contributed by atoms with Gasteiger partial charge in [-0.1, -0.05) is 33.6 Å². The van der Waals surface area contributed by atoms with Crippen LogP contribution in [0.15, 0.2) is 69.3 Å². The Labute approximate surface area is 174 Å². The number of amides is 1. The number of carbonyl (C=O) groups excluding carboxylic acids is 1. The summed E-state index contributed by atoms with van der Waals surface area (Å²) in [7, 11) is -2.47. The maximum absolute atomic E-state index is 13.0. The highest BCUT2D eigenvalue weighted by atomic mass is 79.9. The third kappa shape index (κ3) is 4.35. The van der Waals surface area contributed by atoms with Crippen molar-refractivity contribution in [3.05, 3.63) is 74.3 Å². The zero-order chi connectivity index (χ0) is 19.6. The molecule has 140 valence electrons. The molecule has 0 unspecified atom stereocenters. The molecule has 0 atom stereocenters. The molecule has 27 heavy (non-hydrogen) atoms. The molecule has 9 heteroatoms. The third-order valence-electron chi connectivity index (χ3n) is 3.75. The number of nitrogens with one attached hydrogen (secondary N) is 1. The molecular weight excluding hydrogens is 472 g/mol. The fraction of sp³-hybridized carbons (Fsp3) is 0.0556. The van der Waals surface area contributed by atoms with Crippen LogP contribution in [0.3, 0.4) is 0 Å². The zero-order valence-corrected chi connectivity index (χ0v) is 18.0. The molecular formula is C18H14BrClN2O3S2. The Morgan fingerprint density at radius 2 is 1.85 bits per heavy atom. The topological polar surface area (TPSA) is 66.5 Å². The lowest BCUT2D eigenvalue weighted by Gasteiger charge is -2.19. The molecule has 0 radical (unpaired) electrons. The summed E-state index contributed by atoms with van der Waals surface area (Å²) in [4.78, 5) is 12.7. The fourth-order valence-corrected chi connectivity index (χ4v) is 5.37. The van der Waals surface area contributed by atoms with Crippen molar-refractivity contribution in [1.29, 1.82) is 0 Å². The number of hydrogen-bond acceptors (Lipinski definition) is 4. The van der Waals surface area contributed by atoms with E-state index in [4.69, 9.17) is 11.6 Å². The van der Waals surface area contributed by atoms with Crippen LogP contribution in [0.5, 0.6) is 0 Å². The van der Waals surface area contributed by atoms with Gasteiger partial charge >= 0.3 is 0 Å². The molecule has 0 fully saturated rings. The quantitative estimate of drug-likeness (QED) is 0.537.